The molecule has 0 unspecified atom stereocenters. The zero-order chi connectivity index (χ0) is 15.5. The average molecular weight is 299 g/mol. The molecule has 0 spiro atoms. The number of benzene rings is 1. The fourth-order valence-electron chi connectivity index (χ4n) is 2.40. The average Bonchev–Trinajstić information content (AvgIpc) is 3.23. The molecule has 0 atom stereocenters. The van der Waals surface area contributed by atoms with Gasteiger partial charge in [0, 0.05) is 12.1 Å². The van der Waals surface area contributed by atoms with Crippen LogP contribution in [0.1, 0.15) is 39.2 Å². The van der Waals surface area contributed by atoms with E-state index in [1.54, 1.807) is 12.1 Å². The SMILES string of the molecule is CCOc1cc(CNC(C)(C)C2CC2)ccc1OC(F)F. The van der Waals surface area contributed by atoms with E-state index in [0.717, 1.165) is 11.5 Å². The summed E-state index contributed by atoms with van der Waals surface area (Å²) in [5.41, 5.74) is 1.10. The molecule has 1 fully saturated rings. The Morgan fingerprint density at radius 2 is 2.00 bits per heavy atom. The van der Waals surface area contributed by atoms with Gasteiger partial charge in [-0.15, -0.1) is 0 Å². The molecule has 0 saturated heterocycles. The van der Waals surface area contributed by atoms with Crippen molar-refractivity contribution in [1.82, 2.24) is 5.32 Å². The van der Waals surface area contributed by atoms with E-state index in [1.165, 1.54) is 18.9 Å². The first-order chi connectivity index (χ1) is 9.92. The maximum absolute atomic E-state index is 12.4. The van der Waals surface area contributed by atoms with Crippen LogP contribution in [0, 0.1) is 5.92 Å². The van der Waals surface area contributed by atoms with E-state index in [-0.39, 0.29) is 11.3 Å². The lowest BCUT2D eigenvalue weighted by atomic mass is 9.98. The number of rotatable bonds is 8. The minimum Gasteiger partial charge on any atom is -0.490 e. The summed E-state index contributed by atoms with van der Waals surface area (Å²) in [6.07, 6.45) is 2.54. The van der Waals surface area contributed by atoms with E-state index < -0.39 is 6.61 Å². The highest BCUT2D eigenvalue weighted by atomic mass is 19.3. The molecule has 0 amide bonds. The molecular formula is C16H23F2NO2. The van der Waals surface area contributed by atoms with E-state index >= 15 is 0 Å². The quantitative estimate of drug-likeness (QED) is 0.788. The van der Waals surface area contributed by atoms with Gasteiger partial charge >= 0.3 is 6.61 Å². The van der Waals surface area contributed by atoms with E-state index in [2.05, 4.69) is 23.9 Å². The van der Waals surface area contributed by atoms with Gasteiger partial charge in [0.2, 0.25) is 0 Å². The third-order valence-electron chi connectivity index (χ3n) is 3.87. The van der Waals surface area contributed by atoms with E-state index in [4.69, 9.17) is 4.74 Å². The molecule has 0 heterocycles. The molecule has 1 aliphatic carbocycles. The van der Waals surface area contributed by atoms with Gasteiger partial charge in [0.15, 0.2) is 11.5 Å². The van der Waals surface area contributed by atoms with Gasteiger partial charge in [-0.25, -0.2) is 0 Å². The zero-order valence-corrected chi connectivity index (χ0v) is 12.8. The van der Waals surface area contributed by atoms with Crippen molar-refractivity contribution in [2.24, 2.45) is 5.92 Å². The van der Waals surface area contributed by atoms with Gasteiger partial charge in [0.25, 0.3) is 0 Å². The molecule has 2 rings (SSSR count). The Kier molecular flexibility index (Phi) is 5.04. The van der Waals surface area contributed by atoms with Crippen molar-refractivity contribution in [2.45, 2.75) is 52.3 Å². The van der Waals surface area contributed by atoms with Crippen LogP contribution in [0.15, 0.2) is 18.2 Å². The van der Waals surface area contributed by atoms with Gasteiger partial charge in [-0.05, 0) is 57.2 Å². The van der Waals surface area contributed by atoms with Gasteiger partial charge in [-0.3, -0.25) is 0 Å². The van der Waals surface area contributed by atoms with Crippen molar-refractivity contribution in [3.05, 3.63) is 23.8 Å². The lowest BCUT2D eigenvalue weighted by Gasteiger charge is -2.26. The molecule has 118 valence electrons. The van der Waals surface area contributed by atoms with E-state index in [1.807, 2.05) is 6.92 Å². The lowest BCUT2D eigenvalue weighted by Crippen LogP contribution is -2.40. The van der Waals surface area contributed by atoms with Crippen molar-refractivity contribution >= 4 is 0 Å². The van der Waals surface area contributed by atoms with Crippen molar-refractivity contribution in [2.75, 3.05) is 6.61 Å². The number of hydrogen-bond donors (Lipinski definition) is 1. The summed E-state index contributed by atoms with van der Waals surface area (Å²) in [6, 6.07) is 5.09. The first-order valence-corrected chi connectivity index (χ1v) is 7.38. The van der Waals surface area contributed by atoms with Crippen molar-refractivity contribution in [1.29, 1.82) is 0 Å². The van der Waals surface area contributed by atoms with Crippen LogP contribution in [0.3, 0.4) is 0 Å². The zero-order valence-electron chi connectivity index (χ0n) is 12.8. The van der Waals surface area contributed by atoms with Gasteiger partial charge < -0.3 is 14.8 Å². The standard InChI is InChI=1S/C16H23F2NO2/c1-4-20-14-9-11(5-8-13(14)21-15(17)18)10-19-16(2,3)12-6-7-12/h5,8-9,12,15,19H,4,6-7,10H2,1-3H3. The highest BCUT2D eigenvalue weighted by molar-refractivity contribution is 5.43. The highest BCUT2D eigenvalue weighted by Gasteiger charge is 2.37. The van der Waals surface area contributed by atoms with Crippen LogP contribution in [0.5, 0.6) is 11.5 Å². The molecule has 0 aromatic heterocycles. The fourth-order valence-corrected chi connectivity index (χ4v) is 2.40. The minimum absolute atomic E-state index is 0.0806. The summed E-state index contributed by atoms with van der Waals surface area (Å²) in [4.78, 5) is 0. The van der Waals surface area contributed by atoms with E-state index in [9.17, 15) is 8.78 Å². The Balaban J connectivity index is 2.04. The van der Waals surface area contributed by atoms with Crippen LogP contribution in [0.4, 0.5) is 8.78 Å². The first-order valence-electron chi connectivity index (χ1n) is 7.38. The molecule has 5 heteroatoms. The monoisotopic (exact) mass is 299 g/mol. The minimum atomic E-state index is -2.85. The smallest absolute Gasteiger partial charge is 0.387 e. The molecule has 0 aliphatic heterocycles. The normalized spacial score (nSPS) is 15.3. The maximum Gasteiger partial charge on any atom is 0.387 e. The summed E-state index contributed by atoms with van der Waals surface area (Å²) in [5.74, 6) is 1.17. The van der Waals surface area contributed by atoms with Crippen molar-refractivity contribution < 1.29 is 18.3 Å². The van der Waals surface area contributed by atoms with Crippen LogP contribution in [0.2, 0.25) is 0 Å². The third kappa shape index (κ3) is 4.56. The molecule has 1 aromatic carbocycles. The number of nitrogens with one attached hydrogen (secondary N) is 1. The van der Waals surface area contributed by atoms with Crippen molar-refractivity contribution in [3.8, 4) is 11.5 Å². The highest BCUT2D eigenvalue weighted by Crippen LogP contribution is 2.39. The molecule has 3 nitrogen and oxygen atoms in total. The second kappa shape index (κ2) is 6.60. The number of alkyl halides is 2. The number of ether oxygens (including phenoxy) is 2. The maximum atomic E-state index is 12.4. The summed E-state index contributed by atoms with van der Waals surface area (Å²) < 4.78 is 34.6. The molecular weight excluding hydrogens is 276 g/mol. The second-order valence-corrected chi connectivity index (χ2v) is 5.94. The Bertz CT molecular complexity index is 473. The van der Waals surface area contributed by atoms with Crippen molar-refractivity contribution in [3.63, 3.8) is 0 Å². The summed E-state index contributed by atoms with van der Waals surface area (Å²) in [6.45, 7) is 4.45. The summed E-state index contributed by atoms with van der Waals surface area (Å²) in [7, 11) is 0. The first kappa shape index (κ1) is 16.0. The Morgan fingerprint density at radius 3 is 2.57 bits per heavy atom. The van der Waals surface area contributed by atoms with Crippen LogP contribution < -0.4 is 14.8 Å². The second-order valence-electron chi connectivity index (χ2n) is 5.94. The molecule has 1 saturated carbocycles. The third-order valence-corrected chi connectivity index (χ3v) is 3.87. The summed E-state index contributed by atoms with van der Waals surface area (Å²) >= 11 is 0. The van der Waals surface area contributed by atoms with Crippen LogP contribution in [-0.4, -0.2) is 18.8 Å². The Labute approximate surface area is 124 Å². The van der Waals surface area contributed by atoms with Crippen LogP contribution in [-0.2, 0) is 6.54 Å². The molecule has 1 aliphatic rings. The van der Waals surface area contributed by atoms with Crippen LogP contribution in [0.25, 0.3) is 0 Å². The predicted octanol–water partition coefficient (Wildman–Crippen LogP) is 3.96. The predicted molar refractivity (Wildman–Crippen MR) is 77.9 cm³/mol. The molecule has 0 bridgehead atoms. The van der Waals surface area contributed by atoms with Gasteiger partial charge in [0.05, 0.1) is 6.61 Å². The number of hydrogen-bond acceptors (Lipinski definition) is 3. The van der Waals surface area contributed by atoms with Gasteiger partial charge in [-0.1, -0.05) is 6.07 Å². The van der Waals surface area contributed by atoms with Gasteiger partial charge in [0.1, 0.15) is 0 Å². The van der Waals surface area contributed by atoms with Crippen LogP contribution >= 0.6 is 0 Å². The lowest BCUT2D eigenvalue weighted by molar-refractivity contribution is -0.0514. The molecule has 1 N–H and O–H groups in total. The fraction of sp³-hybridized carbons (Fsp3) is 0.625. The summed E-state index contributed by atoms with van der Waals surface area (Å²) in [5, 5.41) is 3.52. The molecule has 1 aromatic rings. The molecule has 0 radical (unpaired) electrons. The number of halogens is 2. The van der Waals surface area contributed by atoms with Gasteiger partial charge in [-0.2, -0.15) is 8.78 Å². The van der Waals surface area contributed by atoms with E-state index in [0.29, 0.717) is 18.9 Å². The topological polar surface area (TPSA) is 30.5 Å². The Hall–Kier alpha value is -1.36. The Morgan fingerprint density at radius 1 is 1.29 bits per heavy atom. The largest absolute Gasteiger partial charge is 0.490 e. The molecule has 21 heavy (non-hydrogen) atoms.